The number of carboxylic acid groups (broad SMARTS) is 1. The molecule has 3 rings (SSSR count). The molecule has 0 aliphatic carbocycles. The zero-order valence-corrected chi connectivity index (χ0v) is 21.1. The molecule has 0 saturated heterocycles. The van der Waals surface area contributed by atoms with Gasteiger partial charge in [-0.05, 0) is 41.7 Å². The fourth-order valence-corrected chi connectivity index (χ4v) is 3.72. The number of urea groups is 1. The van der Waals surface area contributed by atoms with Crippen LogP contribution in [0.1, 0.15) is 29.2 Å². The molecular formula is C24H25N3NaO5. The first-order chi connectivity index (χ1) is 15.2. The van der Waals surface area contributed by atoms with E-state index >= 15 is 0 Å². The Labute approximate surface area is 214 Å². The number of aryl methyl sites for hydroxylation is 2. The number of ketones is 1. The van der Waals surface area contributed by atoms with Gasteiger partial charge in [0.1, 0.15) is 0 Å². The van der Waals surface area contributed by atoms with Crippen LogP contribution in [-0.2, 0) is 14.4 Å². The number of hydrogen-bond donors (Lipinski definition) is 3. The third-order valence-electron chi connectivity index (χ3n) is 5.38. The molecule has 0 aromatic heterocycles. The van der Waals surface area contributed by atoms with Gasteiger partial charge in [-0.2, -0.15) is 0 Å². The Morgan fingerprint density at radius 2 is 1.67 bits per heavy atom. The fraction of sp³-hybridized carbons (Fsp3) is 0.250. The summed E-state index contributed by atoms with van der Waals surface area (Å²) in [7, 11) is 1.48. The van der Waals surface area contributed by atoms with E-state index in [2.05, 4.69) is 10.6 Å². The van der Waals surface area contributed by atoms with Gasteiger partial charge in [0.25, 0.3) is 5.91 Å². The van der Waals surface area contributed by atoms with Crippen LogP contribution in [0.4, 0.5) is 4.79 Å². The number of rotatable bonds is 6. The Morgan fingerprint density at radius 3 is 2.24 bits per heavy atom. The van der Waals surface area contributed by atoms with Gasteiger partial charge < -0.3 is 20.6 Å². The van der Waals surface area contributed by atoms with E-state index in [0.717, 1.165) is 22.3 Å². The Kier molecular flexibility index (Phi) is 8.99. The van der Waals surface area contributed by atoms with Gasteiger partial charge in [-0.3, -0.25) is 14.4 Å². The van der Waals surface area contributed by atoms with E-state index in [9.17, 15) is 24.3 Å². The average molecular weight is 458 g/mol. The molecule has 1 aliphatic rings. The van der Waals surface area contributed by atoms with Crippen LogP contribution < -0.4 is 10.6 Å². The number of carbonyl (C=O) groups excluding carboxylic acids is 3. The largest absolute Gasteiger partial charge is 0.481 e. The molecule has 0 saturated carbocycles. The second-order valence-electron chi connectivity index (χ2n) is 7.76. The number of aliphatic carboxylic acids is 1. The fourth-order valence-electron chi connectivity index (χ4n) is 3.72. The molecule has 2 atom stereocenters. The molecule has 1 unspecified atom stereocenters. The summed E-state index contributed by atoms with van der Waals surface area (Å²) in [6.45, 7) is 4.05. The number of carboxylic acids is 1. The predicted octanol–water partition coefficient (Wildman–Crippen LogP) is 2.33. The van der Waals surface area contributed by atoms with Crippen molar-refractivity contribution in [3.63, 3.8) is 0 Å². The molecule has 2 aromatic carbocycles. The summed E-state index contributed by atoms with van der Waals surface area (Å²) in [5, 5.41) is 14.2. The van der Waals surface area contributed by atoms with Crippen LogP contribution >= 0.6 is 0 Å². The van der Waals surface area contributed by atoms with Crippen molar-refractivity contribution in [2.24, 2.45) is 0 Å². The van der Waals surface area contributed by atoms with Gasteiger partial charge in [0.15, 0.2) is 11.8 Å². The smallest absolute Gasteiger partial charge is 0.316 e. The zero-order valence-electron chi connectivity index (χ0n) is 19.1. The van der Waals surface area contributed by atoms with E-state index in [1.807, 2.05) is 44.2 Å². The summed E-state index contributed by atoms with van der Waals surface area (Å²) in [5.74, 6) is -2.21. The van der Waals surface area contributed by atoms with Crippen molar-refractivity contribution in [3.8, 4) is 11.1 Å². The quantitative estimate of drug-likeness (QED) is 0.454. The maximum Gasteiger partial charge on any atom is 0.316 e. The summed E-state index contributed by atoms with van der Waals surface area (Å²) in [6, 6.07) is 10.3. The summed E-state index contributed by atoms with van der Waals surface area (Å²) in [5.41, 5.74) is 4.93. The van der Waals surface area contributed by atoms with Crippen molar-refractivity contribution in [1.82, 2.24) is 15.5 Å². The predicted molar refractivity (Wildman–Crippen MR) is 124 cm³/mol. The van der Waals surface area contributed by atoms with E-state index in [0.29, 0.717) is 5.56 Å². The summed E-state index contributed by atoms with van der Waals surface area (Å²) < 4.78 is 0. The van der Waals surface area contributed by atoms with Gasteiger partial charge in [0.2, 0.25) is 0 Å². The van der Waals surface area contributed by atoms with Gasteiger partial charge in [-0.15, -0.1) is 0 Å². The summed E-state index contributed by atoms with van der Waals surface area (Å²) >= 11 is 0. The topological polar surface area (TPSA) is 116 Å². The summed E-state index contributed by atoms with van der Waals surface area (Å²) in [4.78, 5) is 49.2. The normalized spacial score (nSPS) is 16.1. The van der Waals surface area contributed by atoms with Crippen LogP contribution in [0.3, 0.4) is 0 Å². The standard InChI is InChI=1S/C24H25N3O5.Na/c1-14-5-4-6-15(2)21(14)17-9-7-16(8-10-17)18(13-20(29)30)25-24(32)26-22-19(28)11-12-27(3)23(22)31;/h4-12,18,22H,13H2,1-3H3,(H,29,30)(H2,25,26,32);/t18-,22?;/m0./s1. The van der Waals surface area contributed by atoms with Crippen LogP contribution in [0.2, 0.25) is 0 Å². The number of likely N-dealkylation sites (N-methyl/N-ethyl adjacent to an activating group) is 1. The molecule has 0 spiro atoms. The first kappa shape index (κ1) is 26.3. The van der Waals surface area contributed by atoms with E-state index in [-0.39, 0.29) is 36.0 Å². The average Bonchev–Trinajstić information content (AvgIpc) is 2.73. The van der Waals surface area contributed by atoms with Crippen molar-refractivity contribution in [2.75, 3.05) is 7.05 Å². The van der Waals surface area contributed by atoms with Crippen LogP contribution in [0.25, 0.3) is 11.1 Å². The third kappa shape index (κ3) is 6.31. The second-order valence-corrected chi connectivity index (χ2v) is 7.76. The van der Waals surface area contributed by atoms with E-state index < -0.39 is 35.8 Å². The minimum atomic E-state index is -1.35. The van der Waals surface area contributed by atoms with Crippen molar-refractivity contribution in [3.05, 3.63) is 71.4 Å². The van der Waals surface area contributed by atoms with Crippen LogP contribution in [0.15, 0.2) is 54.7 Å². The van der Waals surface area contributed by atoms with Gasteiger partial charge in [0.05, 0.1) is 12.5 Å². The molecule has 33 heavy (non-hydrogen) atoms. The molecular weight excluding hydrogens is 433 g/mol. The third-order valence-corrected chi connectivity index (χ3v) is 5.38. The van der Waals surface area contributed by atoms with Gasteiger partial charge in [0, 0.05) is 48.9 Å². The minimum absolute atomic E-state index is 0. The molecule has 1 heterocycles. The van der Waals surface area contributed by atoms with E-state index in [4.69, 9.17) is 0 Å². The Hall–Kier alpha value is -2.94. The zero-order chi connectivity index (χ0) is 23.4. The van der Waals surface area contributed by atoms with E-state index in [1.165, 1.54) is 24.2 Å². The number of amides is 3. The van der Waals surface area contributed by atoms with Crippen molar-refractivity contribution in [2.45, 2.75) is 32.4 Å². The van der Waals surface area contributed by atoms with Gasteiger partial charge in [-0.25, -0.2) is 4.79 Å². The van der Waals surface area contributed by atoms with Crippen molar-refractivity contribution < 1.29 is 24.3 Å². The number of carbonyl (C=O) groups is 4. The first-order valence-corrected chi connectivity index (χ1v) is 10.1. The number of benzene rings is 2. The van der Waals surface area contributed by atoms with Gasteiger partial charge in [-0.1, -0.05) is 42.5 Å². The molecule has 3 amide bonds. The Morgan fingerprint density at radius 1 is 1.06 bits per heavy atom. The first-order valence-electron chi connectivity index (χ1n) is 10.1. The van der Waals surface area contributed by atoms with Crippen LogP contribution in [-0.4, -0.2) is 76.3 Å². The summed E-state index contributed by atoms with van der Waals surface area (Å²) in [6.07, 6.45) is 2.17. The monoisotopic (exact) mass is 458 g/mol. The number of nitrogens with one attached hydrogen (secondary N) is 2. The molecule has 8 nitrogen and oxygen atoms in total. The van der Waals surface area contributed by atoms with E-state index in [1.54, 1.807) is 12.1 Å². The number of nitrogens with zero attached hydrogens (tertiary/aromatic N) is 1. The molecule has 3 N–H and O–H groups in total. The van der Waals surface area contributed by atoms with Crippen molar-refractivity contribution in [1.29, 1.82) is 0 Å². The van der Waals surface area contributed by atoms with Crippen molar-refractivity contribution >= 4 is 53.2 Å². The maximum atomic E-state index is 12.5. The molecule has 9 heteroatoms. The van der Waals surface area contributed by atoms with Crippen LogP contribution in [0, 0.1) is 13.8 Å². The minimum Gasteiger partial charge on any atom is -0.481 e. The number of hydrogen-bond acceptors (Lipinski definition) is 4. The molecule has 0 bridgehead atoms. The Bertz CT molecular complexity index is 1080. The molecule has 2 aromatic rings. The molecule has 1 radical (unpaired) electrons. The van der Waals surface area contributed by atoms with Crippen LogP contribution in [0.5, 0.6) is 0 Å². The van der Waals surface area contributed by atoms with Gasteiger partial charge >= 0.3 is 12.0 Å². The SMILES string of the molecule is Cc1cccc(C)c1-c1ccc([C@H](CC(=O)O)NC(=O)NC2C(=O)C=CN(C)C2=O)cc1.[Na]. The molecule has 1 aliphatic heterocycles. The second kappa shape index (κ2) is 11.3. The Balaban J connectivity index is 0.00000385. The maximum absolute atomic E-state index is 12.5. The molecule has 167 valence electrons. The molecule has 0 fully saturated rings.